The SMILES string of the molecule is CCN(CC)CCSC(SCCN(CC)CC)(c1ccccc1)c1ccccc1. The largest absolute Gasteiger partial charge is 0.303 e. The first-order valence-electron chi connectivity index (χ1n) is 11.0. The molecule has 0 unspecified atom stereocenters. The molecule has 0 aliphatic carbocycles. The molecular formula is C25H38N2S2. The summed E-state index contributed by atoms with van der Waals surface area (Å²) in [4.78, 5) is 5.04. The van der Waals surface area contributed by atoms with Crippen LogP contribution in [0.1, 0.15) is 38.8 Å². The molecule has 0 atom stereocenters. The van der Waals surface area contributed by atoms with E-state index in [1.54, 1.807) is 0 Å². The third-order valence-electron chi connectivity index (χ3n) is 5.52. The van der Waals surface area contributed by atoms with E-state index in [4.69, 9.17) is 0 Å². The maximum Gasteiger partial charge on any atom is 0.111 e. The molecule has 0 fully saturated rings. The van der Waals surface area contributed by atoms with Gasteiger partial charge in [-0.05, 0) is 37.3 Å². The van der Waals surface area contributed by atoms with Crippen molar-refractivity contribution in [2.75, 3.05) is 50.8 Å². The Labute approximate surface area is 187 Å². The standard InChI is InChI=1S/C25H38N2S2/c1-5-26(6-2)19-21-28-25(23-15-11-9-12-16-23,24-17-13-10-14-18-24)29-22-20-27(7-3)8-4/h9-18H,5-8,19-22H2,1-4H3. The minimum atomic E-state index is -0.0666. The lowest BCUT2D eigenvalue weighted by atomic mass is 10.0. The molecule has 0 saturated heterocycles. The van der Waals surface area contributed by atoms with Crippen LogP contribution in [0, 0.1) is 0 Å². The van der Waals surface area contributed by atoms with Gasteiger partial charge >= 0.3 is 0 Å². The Morgan fingerprint density at radius 3 is 1.24 bits per heavy atom. The zero-order valence-corrected chi connectivity index (χ0v) is 20.3. The highest BCUT2D eigenvalue weighted by Gasteiger charge is 2.35. The molecular weight excluding hydrogens is 392 g/mol. The van der Waals surface area contributed by atoms with Gasteiger partial charge < -0.3 is 9.80 Å². The smallest absolute Gasteiger partial charge is 0.111 e. The minimum Gasteiger partial charge on any atom is -0.303 e. The van der Waals surface area contributed by atoms with Gasteiger partial charge in [0.15, 0.2) is 0 Å². The van der Waals surface area contributed by atoms with Crippen molar-refractivity contribution in [3.8, 4) is 0 Å². The maximum atomic E-state index is 2.52. The summed E-state index contributed by atoms with van der Waals surface area (Å²) in [6, 6.07) is 22.2. The lowest BCUT2D eigenvalue weighted by Gasteiger charge is -2.35. The molecule has 2 nitrogen and oxygen atoms in total. The summed E-state index contributed by atoms with van der Waals surface area (Å²) in [5.74, 6) is 2.26. The second kappa shape index (κ2) is 13.4. The van der Waals surface area contributed by atoms with Crippen LogP contribution < -0.4 is 0 Å². The van der Waals surface area contributed by atoms with Crippen molar-refractivity contribution >= 4 is 23.5 Å². The van der Waals surface area contributed by atoms with Crippen LogP contribution in [0.25, 0.3) is 0 Å². The van der Waals surface area contributed by atoms with Gasteiger partial charge in [-0.15, -0.1) is 23.5 Å². The van der Waals surface area contributed by atoms with Crippen LogP contribution in [0.2, 0.25) is 0 Å². The summed E-state index contributed by atoms with van der Waals surface area (Å²) in [6.45, 7) is 15.8. The zero-order valence-electron chi connectivity index (χ0n) is 18.6. The number of benzene rings is 2. The molecule has 160 valence electrons. The van der Waals surface area contributed by atoms with E-state index in [1.165, 1.54) is 11.1 Å². The average molecular weight is 431 g/mol. The van der Waals surface area contributed by atoms with Crippen molar-refractivity contribution in [1.82, 2.24) is 9.80 Å². The monoisotopic (exact) mass is 430 g/mol. The van der Waals surface area contributed by atoms with Crippen molar-refractivity contribution in [2.24, 2.45) is 0 Å². The molecule has 2 aromatic carbocycles. The van der Waals surface area contributed by atoms with Gasteiger partial charge in [0.2, 0.25) is 0 Å². The number of hydrogen-bond donors (Lipinski definition) is 0. The lowest BCUT2D eigenvalue weighted by Crippen LogP contribution is -2.30. The molecule has 0 saturated carbocycles. The fourth-order valence-electron chi connectivity index (χ4n) is 3.57. The van der Waals surface area contributed by atoms with Crippen LogP contribution in [-0.2, 0) is 4.08 Å². The third-order valence-corrected chi connectivity index (χ3v) is 8.76. The first-order chi connectivity index (χ1) is 14.2. The van der Waals surface area contributed by atoms with Gasteiger partial charge in [-0.2, -0.15) is 0 Å². The Kier molecular flexibility index (Phi) is 11.2. The van der Waals surface area contributed by atoms with Gasteiger partial charge in [-0.3, -0.25) is 0 Å². The molecule has 0 N–H and O–H groups in total. The molecule has 0 radical (unpaired) electrons. The fraction of sp³-hybridized carbons (Fsp3) is 0.520. The first-order valence-corrected chi connectivity index (χ1v) is 13.0. The summed E-state index contributed by atoms with van der Waals surface area (Å²) in [6.07, 6.45) is 0. The number of hydrogen-bond acceptors (Lipinski definition) is 4. The molecule has 0 heterocycles. The number of nitrogens with zero attached hydrogens (tertiary/aromatic N) is 2. The van der Waals surface area contributed by atoms with Crippen molar-refractivity contribution in [3.63, 3.8) is 0 Å². The summed E-state index contributed by atoms with van der Waals surface area (Å²) < 4.78 is -0.0666. The van der Waals surface area contributed by atoms with E-state index in [9.17, 15) is 0 Å². The van der Waals surface area contributed by atoms with Crippen molar-refractivity contribution in [1.29, 1.82) is 0 Å². The van der Waals surface area contributed by atoms with Crippen molar-refractivity contribution in [2.45, 2.75) is 31.8 Å². The van der Waals surface area contributed by atoms with Gasteiger partial charge in [0.25, 0.3) is 0 Å². The second-order valence-electron chi connectivity index (χ2n) is 7.10. The van der Waals surface area contributed by atoms with E-state index in [0.717, 1.165) is 50.8 Å². The summed E-state index contributed by atoms with van der Waals surface area (Å²) in [5, 5.41) is 0. The molecule has 0 spiro atoms. The minimum absolute atomic E-state index is 0.0666. The Morgan fingerprint density at radius 2 is 0.931 bits per heavy atom. The van der Waals surface area contributed by atoms with Crippen molar-refractivity contribution < 1.29 is 0 Å². The van der Waals surface area contributed by atoms with Gasteiger partial charge in [0.05, 0.1) is 0 Å². The van der Waals surface area contributed by atoms with Gasteiger partial charge in [-0.1, -0.05) is 88.4 Å². The predicted molar refractivity (Wildman–Crippen MR) is 134 cm³/mol. The Balaban J connectivity index is 2.31. The Hall–Kier alpha value is -0.940. The highest BCUT2D eigenvalue weighted by Crippen LogP contribution is 2.51. The van der Waals surface area contributed by atoms with E-state index >= 15 is 0 Å². The van der Waals surface area contributed by atoms with Gasteiger partial charge in [-0.25, -0.2) is 0 Å². The average Bonchev–Trinajstić information content (AvgIpc) is 2.79. The number of thioether (sulfide) groups is 2. The van der Waals surface area contributed by atoms with Gasteiger partial charge in [0, 0.05) is 24.6 Å². The van der Waals surface area contributed by atoms with Crippen molar-refractivity contribution in [3.05, 3.63) is 71.8 Å². The van der Waals surface area contributed by atoms with Crippen LogP contribution in [-0.4, -0.2) is 60.6 Å². The van der Waals surface area contributed by atoms with E-state index in [2.05, 4.69) is 122 Å². The Bertz CT molecular complexity index is 596. The first kappa shape index (κ1) is 24.3. The van der Waals surface area contributed by atoms with E-state index in [-0.39, 0.29) is 4.08 Å². The van der Waals surface area contributed by atoms with Gasteiger partial charge in [0.1, 0.15) is 4.08 Å². The molecule has 0 bridgehead atoms. The Morgan fingerprint density at radius 1 is 0.586 bits per heavy atom. The molecule has 0 aromatic heterocycles. The number of rotatable bonds is 14. The third kappa shape index (κ3) is 7.06. The molecule has 2 aromatic rings. The highest BCUT2D eigenvalue weighted by molar-refractivity contribution is 8.17. The lowest BCUT2D eigenvalue weighted by molar-refractivity contribution is 0.323. The topological polar surface area (TPSA) is 6.48 Å². The van der Waals surface area contributed by atoms with Crippen LogP contribution in [0.5, 0.6) is 0 Å². The molecule has 29 heavy (non-hydrogen) atoms. The highest BCUT2D eigenvalue weighted by atomic mass is 32.2. The fourth-order valence-corrected chi connectivity index (χ4v) is 6.89. The molecule has 2 rings (SSSR count). The van der Waals surface area contributed by atoms with Crippen LogP contribution in [0.4, 0.5) is 0 Å². The summed E-state index contributed by atoms with van der Waals surface area (Å²) in [7, 11) is 0. The van der Waals surface area contributed by atoms with Crippen LogP contribution in [0.3, 0.4) is 0 Å². The van der Waals surface area contributed by atoms with Crippen LogP contribution in [0.15, 0.2) is 60.7 Å². The molecule has 4 heteroatoms. The predicted octanol–water partition coefficient (Wildman–Crippen LogP) is 6.04. The molecule has 0 aliphatic rings. The molecule has 0 amide bonds. The second-order valence-corrected chi connectivity index (χ2v) is 9.98. The quantitative estimate of drug-likeness (QED) is 0.337. The van der Waals surface area contributed by atoms with Crippen LogP contribution >= 0.6 is 23.5 Å². The van der Waals surface area contributed by atoms with E-state index < -0.39 is 0 Å². The summed E-state index contributed by atoms with van der Waals surface area (Å²) >= 11 is 4.21. The van der Waals surface area contributed by atoms with E-state index in [1.807, 2.05) is 0 Å². The zero-order chi connectivity index (χ0) is 21.0. The maximum absolute atomic E-state index is 2.52. The molecule has 0 aliphatic heterocycles. The normalized spacial score (nSPS) is 12.1. The summed E-state index contributed by atoms with van der Waals surface area (Å²) in [5.41, 5.74) is 2.81. The van der Waals surface area contributed by atoms with E-state index in [0.29, 0.717) is 0 Å².